The first-order valence-corrected chi connectivity index (χ1v) is 12.1. The molecule has 4 rings (SSSR count). The van der Waals surface area contributed by atoms with Crippen LogP contribution in [-0.4, -0.2) is 40.8 Å². The van der Waals surface area contributed by atoms with Gasteiger partial charge in [0.2, 0.25) is 0 Å². The number of H-pyrrole nitrogens is 1. The molecule has 1 aliphatic rings. The fourth-order valence-electron chi connectivity index (χ4n) is 3.87. The summed E-state index contributed by atoms with van der Waals surface area (Å²) in [6.07, 6.45) is -2.28. The highest BCUT2D eigenvalue weighted by Gasteiger charge is 2.57. The van der Waals surface area contributed by atoms with Crippen LogP contribution < -0.4 is 16.0 Å². The Morgan fingerprint density at radius 2 is 1.86 bits per heavy atom. The highest BCUT2D eigenvalue weighted by Crippen LogP contribution is 2.41. The third-order valence-corrected chi connectivity index (χ3v) is 6.33. The molecule has 0 amide bonds. The predicted molar refractivity (Wildman–Crippen MR) is 131 cm³/mol. The highest BCUT2D eigenvalue weighted by atomic mass is 35.5. The summed E-state index contributed by atoms with van der Waals surface area (Å²) in [5.74, 6) is -2.81. The summed E-state index contributed by atoms with van der Waals surface area (Å²) >= 11 is 6.25. The van der Waals surface area contributed by atoms with Crippen molar-refractivity contribution in [1.82, 2.24) is 9.55 Å². The zero-order chi connectivity index (χ0) is 26.6. The third-order valence-electron chi connectivity index (χ3n) is 5.69. The number of carbonyl (C=O) groups is 1. The quantitative estimate of drug-likeness (QED) is 0.241. The van der Waals surface area contributed by atoms with Crippen LogP contribution in [0.1, 0.15) is 28.6 Å². The lowest BCUT2D eigenvalue weighted by molar-refractivity contribution is -0.344. The van der Waals surface area contributed by atoms with E-state index in [1.54, 1.807) is 48.5 Å². The number of halogens is 1. The van der Waals surface area contributed by atoms with E-state index in [4.69, 9.17) is 35.1 Å². The number of aryl methyl sites for hydroxylation is 1. The minimum absolute atomic E-state index is 0.0648. The van der Waals surface area contributed by atoms with E-state index in [0.29, 0.717) is 0 Å². The number of hydrogen-bond donors (Lipinski definition) is 1. The monoisotopic (exact) mass is 548 g/mol. The average Bonchev–Trinajstić information content (AvgIpc) is 3.31. The van der Waals surface area contributed by atoms with E-state index < -0.39 is 50.3 Å². The molecule has 1 aliphatic heterocycles. The Kier molecular flexibility index (Phi) is 8.21. The summed E-state index contributed by atoms with van der Waals surface area (Å²) in [5, 5.41) is 0.190. The van der Waals surface area contributed by atoms with Crippen LogP contribution in [0.3, 0.4) is 0 Å². The molecular formula is C24H22ClN2O9P. The Hall–Kier alpha value is -3.34. The van der Waals surface area contributed by atoms with Gasteiger partial charge in [-0.15, -0.1) is 0 Å². The molecule has 11 nitrogen and oxygen atoms in total. The summed E-state index contributed by atoms with van der Waals surface area (Å²) in [6, 6.07) is 14.6. The number of aromatic nitrogens is 2. The van der Waals surface area contributed by atoms with E-state index in [1.807, 2.05) is 0 Å². The molecule has 1 fully saturated rings. The SMILES string of the molecule is COC(OP=O)(Oc1ccccc1Cl)C1OC(n2cc(C)c(=O)[nH]c2=O)CC1OC(=O)c1ccccc1. The van der Waals surface area contributed by atoms with Gasteiger partial charge in [-0.05, 0) is 31.2 Å². The molecule has 1 N–H and O–H groups in total. The lowest BCUT2D eigenvalue weighted by Crippen LogP contribution is -2.55. The van der Waals surface area contributed by atoms with Crippen LogP contribution in [0.25, 0.3) is 0 Å². The molecule has 0 spiro atoms. The Bertz CT molecular complexity index is 1400. The molecule has 4 atom stereocenters. The zero-order valence-electron chi connectivity index (χ0n) is 19.7. The number of nitrogens with zero attached hydrogens (tertiary/aromatic N) is 1. The molecular weight excluding hydrogens is 527 g/mol. The van der Waals surface area contributed by atoms with Crippen LogP contribution >= 0.6 is 20.3 Å². The Morgan fingerprint density at radius 1 is 1.16 bits per heavy atom. The summed E-state index contributed by atoms with van der Waals surface area (Å²) in [6.45, 7) is 1.52. The van der Waals surface area contributed by atoms with Crippen molar-refractivity contribution in [2.45, 2.75) is 37.8 Å². The molecule has 3 aromatic rings. The fraction of sp³-hybridized carbons (Fsp3) is 0.292. The molecule has 37 heavy (non-hydrogen) atoms. The Balaban J connectivity index is 1.76. The number of hydrogen-bond acceptors (Lipinski definition) is 9. The van der Waals surface area contributed by atoms with Gasteiger partial charge in [-0.3, -0.25) is 14.3 Å². The van der Waals surface area contributed by atoms with E-state index in [1.165, 1.54) is 26.3 Å². The minimum Gasteiger partial charge on any atom is -0.455 e. The first-order valence-electron chi connectivity index (χ1n) is 11.0. The number of para-hydroxylation sites is 1. The van der Waals surface area contributed by atoms with Gasteiger partial charge >= 0.3 is 26.3 Å². The van der Waals surface area contributed by atoms with E-state index >= 15 is 0 Å². The molecule has 2 heterocycles. The van der Waals surface area contributed by atoms with Crippen molar-refractivity contribution in [3.05, 3.63) is 97.8 Å². The Labute approximate surface area is 217 Å². The van der Waals surface area contributed by atoms with Crippen molar-refractivity contribution in [1.29, 1.82) is 0 Å². The number of rotatable bonds is 9. The number of esters is 1. The summed E-state index contributed by atoms with van der Waals surface area (Å²) < 4.78 is 41.5. The van der Waals surface area contributed by atoms with Gasteiger partial charge in [0.05, 0.1) is 10.6 Å². The van der Waals surface area contributed by atoms with E-state index in [2.05, 4.69) is 4.98 Å². The molecule has 194 valence electrons. The van der Waals surface area contributed by atoms with Crippen LogP contribution in [0.5, 0.6) is 5.75 Å². The first-order chi connectivity index (χ1) is 17.8. The van der Waals surface area contributed by atoms with Gasteiger partial charge in [0, 0.05) is 25.3 Å². The molecule has 0 bridgehead atoms. The van der Waals surface area contributed by atoms with Gasteiger partial charge in [-0.25, -0.2) is 18.7 Å². The summed E-state index contributed by atoms with van der Waals surface area (Å²) in [5.41, 5.74) is -0.777. The van der Waals surface area contributed by atoms with Crippen LogP contribution in [0, 0.1) is 6.92 Å². The van der Waals surface area contributed by atoms with Crippen molar-refractivity contribution < 1.29 is 32.8 Å². The number of carbonyl (C=O) groups excluding carboxylic acids is 1. The summed E-state index contributed by atoms with van der Waals surface area (Å²) in [4.78, 5) is 39.6. The molecule has 1 saturated heterocycles. The smallest absolute Gasteiger partial charge is 0.368 e. The number of methoxy groups -OCH3 is 1. The van der Waals surface area contributed by atoms with Crippen LogP contribution in [0.2, 0.25) is 5.02 Å². The van der Waals surface area contributed by atoms with Crippen LogP contribution in [0.4, 0.5) is 0 Å². The zero-order valence-corrected chi connectivity index (χ0v) is 21.3. The minimum atomic E-state index is -2.23. The van der Waals surface area contributed by atoms with Gasteiger partial charge < -0.3 is 18.9 Å². The van der Waals surface area contributed by atoms with Gasteiger partial charge in [-0.2, -0.15) is 0 Å². The molecule has 0 saturated carbocycles. The number of aromatic amines is 1. The first kappa shape index (κ1) is 26.7. The van der Waals surface area contributed by atoms with Crippen LogP contribution in [-0.2, 0) is 23.3 Å². The van der Waals surface area contributed by atoms with Crippen molar-refractivity contribution >= 4 is 26.3 Å². The maximum absolute atomic E-state index is 12.9. The summed E-state index contributed by atoms with van der Waals surface area (Å²) in [7, 11) is 0.368. The second-order valence-corrected chi connectivity index (χ2v) is 8.78. The van der Waals surface area contributed by atoms with E-state index in [0.717, 1.165) is 4.57 Å². The normalized spacial score (nSPS) is 20.9. The lowest BCUT2D eigenvalue weighted by atomic mass is 10.1. The van der Waals surface area contributed by atoms with E-state index in [-0.39, 0.29) is 28.3 Å². The maximum Gasteiger partial charge on any atom is 0.368 e. The van der Waals surface area contributed by atoms with Gasteiger partial charge in [0.15, 0.2) is 6.10 Å². The fourth-order valence-corrected chi connectivity index (χ4v) is 4.36. The molecule has 0 aliphatic carbocycles. The topological polar surface area (TPSA) is 135 Å². The number of ether oxygens (including phenoxy) is 4. The lowest BCUT2D eigenvalue weighted by Gasteiger charge is -2.36. The van der Waals surface area contributed by atoms with E-state index in [9.17, 15) is 18.9 Å². The standard InChI is InChI=1S/C24H22ClN2O9P/c1-14-13-27(23(30)26-21(14)28)19-12-18(33-22(29)15-8-4-3-5-9-15)20(34-19)24(32-2,36-37-31)35-17-11-7-6-10-16(17)25/h3-11,13,18-20H,12H2,1-2H3,(H,26,28,30). The third kappa shape index (κ3) is 5.66. The second-order valence-electron chi connectivity index (χ2n) is 8.04. The van der Waals surface area contributed by atoms with Gasteiger partial charge in [0.1, 0.15) is 18.1 Å². The van der Waals surface area contributed by atoms with Crippen molar-refractivity contribution in [3.63, 3.8) is 0 Å². The van der Waals surface area contributed by atoms with Crippen LogP contribution in [0.15, 0.2) is 70.4 Å². The Morgan fingerprint density at radius 3 is 2.54 bits per heavy atom. The highest BCUT2D eigenvalue weighted by molar-refractivity contribution is 7.17. The molecule has 4 unspecified atom stereocenters. The van der Waals surface area contributed by atoms with Crippen molar-refractivity contribution in [2.24, 2.45) is 0 Å². The maximum atomic E-state index is 12.9. The predicted octanol–water partition coefficient (Wildman–Crippen LogP) is 3.61. The molecule has 0 radical (unpaired) electrons. The molecule has 1 aromatic heterocycles. The van der Waals surface area contributed by atoms with Crippen molar-refractivity contribution in [3.8, 4) is 5.75 Å². The van der Waals surface area contributed by atoms with Gasteiger partial charge in [-0.1, -0.05) is 41.9 Å². The number of benzene rings is 2. The average molecular weight is 549 g/mol. The second kappa shape index (κ2) is 11.4. The van der Waals surface area contributed by atoms with Gasteiger partial charge in [0.25, 0.3) is 5.56 Å². The largest absolute Gasteiger partial charge is 0.455 e. The molecule has 2 aromatic carbocycles. The number of nitrogens with one attached hydrogen (secondary N) is 1. The van der Waals surface area contributed by atoms with Crippen molar-refractivity contribution in [2.75, 3.05) is 7.11 Å². The molecule has 13 heteroatoms.